The van der Waals surface area contributed by atoms with Gasteiger partial charge in [-0.1, -0.05) is 18.2 Å². The van der Waals surface area contributed by atoms with Gasteiger partial charge in [-0.05, 0) is 27.0 Å². The number of carbonyl (C=O) groups is 1. The second-order valence-electron chi connectivity index (χ2n) is 6.14. The number of benzene rings is 1. The Morgan fingerprint density at radius 3 is 2.71 bits per heavy atom. The van der Waals surface area contributed by atoms with E-state index < -0.39 is 0 Å². The van der Waals surface area contributed by atoms with Crippen LogP contribution in [0, 0.1) is 13.8 Å². The zero-order valence-electron chi connectivity index (χ0n) is 14.6. The monoisotopic (exact) mass is 345 g/mol. The molecule has 128 valence electrons. The Balaban J connectivity index is 1.85. The van der Waals surface area contributed by atoms with E-state index in [0.29, 0.717) is 6.54 Å². The molecule has 2 heterocycles. The van der Waals surface area contributed by atoms with Gasteiger partial charge in [-0.2, -0.15) is 0 Å². The van der Waals surface area contributed by atoms with Gasteiger partial charge in [0, 0.05) is 25.2 Å². The highest BCUT2D eigenvalue weighted by Gasteiger charge is 2.31. The zero-order valence-corrected chi connectivity index (χ0v) is 15.4. The molecule has 3 rings (SSSR count). The maximum absolute atomic E-state index is 12.9. The molecule has 0 spiro atoms. The number of thiazole rings is 1. The van der Waals surface area contributed by atoms with Crippen molar-refractivity contribution in [2.24, 2.45) is 0 Å². The number of rotatable bonds is 3. The van der Waals surface area contributed by atoms with Crippen molar-refractivity contribution in [3.05, 3.63) is 45.4 Å². The van der Waals surface area contributed by atoms with Crippen LogP contribution in [0.15, 0.2) is 24.3 Å². The zero-order chi connectivity index (χ0) is 17.3. The molecule has 1 aromatic carbocycles. The van der Waals surface area contributed by atoms with E-state index in [-0.39, 0.29) is 11.9 Å². The van der Waals surface area contributed by atoms with Crippen LogP contribution < -0.4 is 4.74 Å². The van der Waals surface area contributed by atoms with Crippen molar-refractivity contribution in [2.75, 3.05) is 33.8 Å². The normalized spacial score (nSPS) is 18.7. The average Bonchev–Trinajstić information content (AvgIpc) is 2.93. The molecule has 1 fully saturated rings. The molecule has 1 atom stereocenters. The first-order valence-electron chi connectivity index (χ1n) is 8.07. The fourth-order valence-corrected chi connectivity index (χ4v) is 4.10. The molecule has 0 bridgehead atoms. The van der Waals surface area contributed by atoms with Gasteiger partial charge >= 0.3 is 0 Å². The van der Waals surface area contributed by atoms with Crippen LogP contribution in [0.3, 0.4) is 0 Å². The summed E-state index contributed by atoms with van der Waals surface area (Å²) in [5.41, 5.74) is 1.95. The lowest BCUT2D eigenvalue weighted by Gasteiger charge is -2.40. The molecule has 1 aromatic heterocycles. The van der Waals surface area contributed by atoms with Crippen LogP contribution in [0.2, 0.25) is 0 Å². The molecule has 1 saturated heterocycles. The Hall–Kier alpha value is -1.92. The quantitative estimate of drug-likeness (QED) is 0.858. The number of aryl methyl sites for hydroxylation is 2. The minimum absolute atomic E-state index is 0.0890. The van der Waals surface area contributed by atoms with Gasteiger partial charge in [0.25, 0.3) is 5.91 Å². The molecule has 0 aliphatic carbocycles. The number of nitrogens with zero attached hydrogens (tertiary/aromatic N) is 3. The summed E-state index contributed by atoms with van der Waals surface area (Å²) in [6, 6.07) is 8.17. The van der Waals surface area contributed by atoms with Gasteiger partial charge in [-0.25, -0.2) is 4.98 Å². The molecule has 5 nitrogen and oxygen atoms in total. The first-order valence-corrected chi connectivity index (χ1v) is 8.89. The van der Waals surface area contributed by atoms with Gasteiger partial charge in [0.15, 0.2) is 0 Å². The predicted octanol–water partition coefficient (Wildman–Crippen LogP) is 2.90. The molecule has 1 aliphatic heterocycles. The number of carbonyl (C=O) groups excluding carboxylic acids is 1. The van der Waals surface area contributed by atoms with Crippen molar-refractivity contribution < 1.29 is 9.53 Å². The van der Waals surface area contributed by atoms with E-state index in [9.17, 15) is 4.79 Å². The fraction of sp³-hybridized carbons (Fsp3) is 0.444. The van der Waals surface area contributed by atoms with Gasteiger partial charge < -0.3 is 9.64 Å². The van der Waals surface area contributed by atoms with E-state index in [4.69, 9.17) is 4.74 Å². The number of aromatic nitrogens is 1. The van der Waals surface area contributed by atoms with Gasteiger partial charge in [-0.3, -0.25) is 9.69 Å². The number of para-hydroxylation sites is 1. The summed E-state index contributed by atoms with van der Waals surface area (Å²) in [6.45, 7) is 6.08. The summed E-state index contributed by atoms with van der Waals surface area (Å²) in [7, 11) is 3.79. The van der Waals surface area contributed by atoms with Gasteiger partial charge in [-0.15, -0.1) is 11.3 Å². The second kappa shape index (κ2) is 6.91. The van der Waals surface area contributed by atoms with E-state index >= 15 is 0 Å². The second-order valence-corrected chi connectivity index (χ2v) is 7.34. The Bertz CT molecular complexity index is 744. The molecule has 6 heteroatoms. The van der Waals surface area contributed by atoms with Crippen LogP contribution in [0.4, 0.5) is 0 Å². The molecule has 24 heavy (non-hydrogen) atoms. The highest BCUT2D eigenvalue weighted by molar-refractivity contribution is 7.13. The molecular formula is C18H23N3O2S. The van der Waals surface area contributed by atoms with Crippen LogP contribution in [0.5, 0.6) is 5.75 Å². The third-order valence-corrected chi connectivity index (χ3v) is 5.59. The van der Waals surface area contributed by atoms with Gasteiger partial charge in [0.05, 0.1) is 23.9 Å². The molecular weight excluding hydrogens is 322 g/mol. The summed E-state index contributed by atoms with van der Waals surface area (Å²) in [5, 5.41) is 0.936. The highest BCUT2D eigenvalue weighted by Crippen LogP contribution is 2.32. The van der Waals surface area contributed by atoms with E-state index in [1.165, 1.54) is 11.3 Å². The standard InChI is InChI=1S/C18H23N3O2S/c1-12-17(24-13(2)19-12)18(22)21-10-9-20(3)15(11-21)14-7-5-6-8-16(14)23-4/h5-8,15H,9-11H2,1-4H3/t15-/m1/s1. The number of likely N-dealkylation sites (N-methyl/N-ethyl adjacent to an activating group) is 1. The van der Waals surface area contributed by atoms with Crippen molar-refractivity contribution in [2.45, 2.75) is 19.9 Å². The molecule has 0 radical (unpaired) electrons. The van der Waals surface area contributed by atoms with Crippen LogP contribution in [-0.2, 0) is 0 Å². The maximum atomic E-state index is 12.9. The van der Waals surface area contributed by atoms with E-state index in [0.717, 1.165) is 40.0 Å². The number of hydrogen-bond donors (Lipinski definition) is 0. The molecule has 0 N–H and O–H groups in total. The molecule has 0 unspecified atom stereocenters. The fourth-order valence-electron chi connectivity index (χ4n) is 3.21. The number of amides is 1. The summed E-state index contributed by atoms with van der Waals surface area (Å²) < 4.78 is 5.51. The topological polar surface area (TPSA) is 45.7 Å². The number of methoxy groups -OCH3 is 1. The first-order chi connectivity index (χ1) is 11.5. The lowest BCUT2D eigenvalue weighted by Crippen LogP contribution is -2.49. The lowest BCUT2D eigenvalue weighted by atomic mass is 10.0. The third-order valence-electron chi connectivity index (χ3n) is 4.53. The maximum Gasteiger partial charge on any atom is 0.265 e. The van der Waals surface area contributed by atoms with Crippen molar-refractivity contribution in [3.63, 3.8) is 0 Å². The average molecular weight is 345 g/mol. The predicted molar refractivity (Wildman–Crippen MR) is 95.9 cm³/mol. The van der Waals surface area contributed by atoms with Crippen LogP contribution in [-0.4, -0.2) is 54.5 Å². The Kier molecular flexibility index (Phi) is 4.87. The molecule has 2 aromatic rings. The number of ether oxygens (including phenoxy) is 1. The highest BCUT2D eigenvalue weighted by atomic mass is 32.1. The van der Waals surface area contributed by atoms with E-state index in [1.807, 2.05) is 36.9 Å². The summed E-state index contributed by atoms with van der Waals surface area (Å²) in [6.07, 6.45) is 0. The number of piperazine rings is 1. The lowest BCUT2D eigenvalue weighted by molar-refractivity contribution is 0.0546. The van der Waals surface area contributed by atoms with Gasteiger partial charge in [0.2, 0.25) is 0 Å². The van der Waals surface area contributed by atoms with Crippen LogP contribution >= 0.6 is 11.3 Å². The Morgan fingerprint density at radius 1 is 1.29 bits per heavy atom. The minimum atomic E-state index is 0.0890. The van der Waals surface area contributed by atoms with Crippen molar-refractivity contribution in [1.29, 1.82) is 0 Å². The SMILES string of the molecule is COc1ccccc1[C@H]1CN(C(=O)c2sc(C)nc2C)CCN1C. The summed E-state index contributed by atoms with van der Waals surface area (Å²) in [5.74, 6) is 0.958. The Labute approximate surface area is 146 Å². The van der Waals surface area contributed by atoms with Crippen molar-refractivity contribution in [3.8, 4) is 5.75 Å². The molecule has 1 amide bonds. The Morgan fingerprint density at radius 2 is 2.04 bits per heavy atom. The molecule has 0 saturated carbocycles. The summed E-state index contributed by atoms with van der Waals surface area (Å²) >= 11 is 1.48. The minimum Gasteiger partial charge on any atom is -0.496 e. The molecule has 1 aliphatic rings. The first kappa shape index (κ1) is 16.9. The number of hydrogen-bond acceptors (Lipinski definition) is 5. The van der Waals surface area contributed by atoms with Crippen molar-refractivity contribution >= 4 is 17.2 Å². The van der Waals surface area contributed by atoms with Crippen molar-refractivity contribution in [1.82, 2.24) is 14.8 Å². The van der Waals surface area contributed by atoms with Crippen LogP contribution in [0.25, 0.3) is 0 Å². The largest absolute Gasteiger partial charge is 0.496 e. The summed E-state index contributed by atoms with van der Waals surface area (Å²) in [4.78, 5) is 22.3. The van der Waals surface area contributed by atoms with Gasteiger partial charge in [0.1, 0.15) is 10.6 Å². The van der Waals surface area contributed by atoms with E-state index in [2.05, 4.69) is 23.0 Å². The third kappa shape index (κ3) is 3.16. The van der Waals surface area contributed by atoms with E-state index in [1.54, 1.807) is 7.11 Å². The smallest absolute Gasteiger partial charge is 0.265 e. The van der Waals surface area contributed by atoms with Crippen LogP contribution in [0.1, 0.15) is 32.0 Å².